The molecule has 2 aromatic heterocycles. The molecule has 7 heteroatoms. The van der Waals surface area contributed by atoms with Gasteiger partial charge in [-0.3, -0.25) is 0 Å². The van der Waals surface area contributed by atoms with Crippen LogP contribution in [0, 0.1) is 0 Å². The molecule has 248 valence electrons. The molecule has 0 saturated carbocycles. The Bertz CT molecular complexity index is 2850. The Morgan fingerprint density at radius 2 is 1.08 bits per heavy atom. The van der Waals surface area contributed by atoms with E-state index in [1.165, 1.54) is 0 Å². The van der Waals surface area contributed by atoms with Crippen LogP contribution in [0.25, 0.3) is 89.5 Å². The summed E-state index contributed by atoms with van der Waals surface area (Å²) in [7, 11) is 6.28. The Labute approximate surface area is 306 Å². The summed E-state index contributed by atoms with van der Waals surface area (Å²) >= 11 is 0. The Kier molecular flexibility index (Phi) is 7.10. The predicted octanol–water partition coefficient (Wildman–Crippen LogP) is 10.4. The van der Waals surface area contributed by atoms with Crippen LogP contribution in [0.3, 0.4) is 0 Å². The van der Waals surface area contributed by atoms with Crippen LogP contribution < -0.4 is 4.74 Å². The third-order valence-corrected chi connectivity index (χ3v) is 9.83. The molecule has 2 radical (unpaired) electrons. The van der Waals surface area contributed by atoms with E-state index in [1.54, 1.807) is 6.07 Å². The van der Waals surface area contributed by atoms with E-state index in [9.17, 15) is 5.11 Å². The number of fused-ring (bicyclic) bond motifs is 6. The van der Waals surface area contributed by atoms with Gasteiger partial charge >= 0.3 is 0 Å². The monoisotopic (exact) mass is 681 g/mol. The lowest BCUT2D eigenvalue weighted by Crippen LogP contribution is -2.36. The van der Waals surface area contributed by atoms with Gasteiger partial charge in [0.2, 0.25) is 0 Å². The third kappa shape index (κ3) is 5.29. The summed E-state index contributed by atoms with van der Waals surface area (Å²) in [4.78, 5) is 15.2. The van der Waals surface area contributed by atoms with Crippen LogP contribution >= 0.6 is 0 Å². The van der Waals surface area contributed by atoms with E-state index in [-0.39, 0.29) is 0 Å². The van der Waals surface area contributed by atoms with Crippen molar-refractivity contribution in [3.05, 3.63) is 169 Å². The summed E-state index contributed by atoms with van der Waals surface area (Å²) in [6, 6.07) is 54.0. The minimum Gasteiger partial charge on any atom is -0.467 e. The topological polar surface area (TPSA) is 81.3 Å². The van der Waals surface area contributed by atoms with Gasteiger partial charge in [0.1, 0.15) is 16.9 Å². The molecule has 0 bridgehead atoms. The number of benzene rings is 7. The highest BCUT2D eigenvalue weighted by Gasteiger charge is 2.35. The minimum absolute atomic E-state index is 0.502. The summed E-state index contributed by atoms with van der Waals surface area (Å²) in [5, 5.41) is 13.1. The fourth-order valence-electron chi connectivity index (χ4n) is 7.31. The molecule has 0 amide bonds. The van der Waals surface area contributed by atoms with Crippen molar-refractivity contribution in [1.29, 1.82) is 0 Å². The van der Waals surface area contributed by atoms with Crippen LogP contribution in [0.2, 0.25) is 0 Å². The maximum Gasteiger partial charge on any atom is 0.182 e. The van der Waals surface area contributed by atoms with Crippen molar-refractivity contribution in [3.63, 3.8) is 0 Å². The van der Waals surface area contributed by atoms with Crippen molar-refractivity contribution < 1.29 is 14.3 Å². The molecule has 1 atom stereocenters. The molecular weight excluding hydrogens is 653 g/mol. The lowest BCUT2D eigenvalue weighted by molar-refractivity contribution is -0.0691. The number of hydrogen-bond donors (Lipinski definition) is 1. The van der Waals surface area contributed by atoms with Gasteiger partial charge in [0.25, 0.3) is 0 Å². The molecular formula is C46H28BN3O3. The predicted molar refractivity (Wildman–Crippen MR) is 210 cm³/mol. The Hall–Kier alpha value is -6.83. The summed E-state index contributed by atoms with van der Waals surface area (Å²) in [6.07, 6.45) is 0. The van der Waals surface area contributed by atoms with Crippen LogP contribution in [-0.2, 0) is 5.69 Å². The van der Waals surface area contributed by atoms with E-state index in [0.717, 1.165) is 72.0 Å². The number of aliphatic hydroxyl groups is 1. The molecule has 0 fully saturated rings. The number of hydrogen-bond acceptors (Lipinski definition) is 6. The second kappa shape index (κ2) is 12.2. The van der Waals surface area contributed by atoms with Gasteiger partial charge in [0.15, 0.2) is 31.0 Å². The first-order valence-corrected chi connectivity index (χ1v) is 17.4. The van der Waals surface area contributed by atoms with Crippen LogP contribution in [0.15, 0.2) is 168 Å². The minimum atomic E-state index is -1.96. The van der Waals surface area contributed by atoms with Crippen LogP contribution in [0.4, 0.5) is 0 Å². The van der Waals surface area contributed by atoms with E-state index in [2.05, 4.69) is 36.4 Å². The first kappa shape index (κ1) is 31.0. The largest absolute Gasteiger partial charge is 0.467 e. The maximum absolute atomic E-state index is 11.1. The zero-order valence-electron chi connectivity index (χ0n) is 28.3. The van der Waals surface area contributed by atoms with E-state index in [1.807, 2.05) is 121 Å². The first-order valence-electron chi connectivity index (χ1n) is 17.4. The van der Waals surface area contributed by atoms with E-state index < -0.39 is 5.69 Å². The molecule has 0 aliphatic carbocycles. The molecule has 1 N–H and O–H groups in total. The van der Waals surface area contributed by atoms with Crippen LogP contribution in [0.5, 0.6) is 5.75 Å². The molecule has 9 aromatic rings. The molecule has 1 aliphatic rings. The zero-order chi connectivity index (χ0) is 35.5. The lowest BCUT2D eigenvalue weighted by Gasteiger charge is -2.35. The van der Waals surface area contributed by atoms with Crippen LogP contribution in [0.1, 0.15) is 5.56 Å². The van der Waals surface area contributed by atoms with Crippen molar-refractivity contribution in [3.8, 4) is 73.3 Å². The van der Waals surface area contributed by atoms with Crippen molar-refractivity contribution in [1.82, 2.24) is 15.0 Å². The quantitative estimate of drug-likeness (QED) is 0.182. The van der Waals surface area contributed by atoms with Gasteiger partial charge in [-0.15, -0.1) is 0 Å². The summed E-state index contributed by atoms with van der Waals surface area (Å²) in [5.41, 5.74) is 8.27. The average Bonchev–Trinajstić information content (AvgIpc) is 3.60. The molecule has 0 saturated heterocycles. The molecule has 6 nitrogen and oxygen atoms in total. The van der Waals surface area contributed by atoms with E-state index in [4.69, 9.17) is 32.0 Å². The molecule has 7 aromatic carbocycles. The molecule has 10 rings (SSSR count). The molecule has 1 aliphatic heterocycles. The Morgan fingerprint density at radius 3 is 1.94 bits per heavy atom. The SMILES string of the molecule is [B]C1(O)Oc2ccccc2-c2c(-c3ccc(-c4nc(-c5cccc(-c6ccccc6)c5)nc(-c5cccc6c5oc5ccccc56)n4)cc3)cccc21. The fourth-order valence-corrected chi connectivity index (χ4v) is 7.31. The van der Waals surface area contributed by atoms with Crippen LogP contribution in [-0.4, -0.2) is 27.9 Å². The van der Waals surface area contributed by atoms with Gasteiger partial charge in [-0.1, -0.05) is 140 Å². The van der Waals surface area contributed by atoms with Gasteiger partial charge in [-0.25, -0.2) is 15.0 Å². The van der Waals surface area contributed by atoms with Crippen molar-refractivity contribution in [2.45, 2.75) is 5.69 Å². The van der Waals surface area contributed by atoms with E-state index >= 15 is 0 Å². The number of para-hydroxylation sites is 3. The van der Waals surface area contributed by atoms with Gasteiger partial charge in [-0.05, 0) is 46.5 Å². The number of rotatable bonds is 5. The number of nitrogens with zero attached hydrogens (tertiary/aromatic N) is 3. The van der Waals surface area contributed by atoms with Crippen molar-refractivity contribution >= 4 is 29.8 Å². The third-order valence-electron chi connectivity index (χ3n) is 9.83. The maximum atomic E-state index is 11.1. The zero-order valence-corrected chi connectivity index (χ0v) is 28.3. The Balaban J connectivity index is 1.13. The first-order chi connectivity index (χ1) is 26.0. The molecule has 1 unspecified atom stereocenters. The lowest BCUT2D eigenvalue weighted by atomic mass is 9.77. The summed E-state index contributed by atoms with van der Waals surface area (Å²) in [5.74, 6) is 2.12. The smallest absolute Gasteiger partial charge is 0.182 e. The second-order valence-electron chi connectivity index (χ2n) is 13.1. The summed E-state index contributed by atoms with van der Waals surface area (Å²) in [6.45, 7) is 0. The number of ether oxygens (including phenoxy) is 1. The Morgan fingerprint density at radius 1 is 0.472 bits per heavy atom. The normalized spacial score (nSPS) is 14.8. The van der Waals surface area contributed by atoms with Crippen molar-refractivity contribution in [2.24, 2.45) is 0 Å². The highest BCUT2D eigenvalue weighted by molar-refractivity contribution is 6.15. The van der Waals surface area contributed by atoms with Gasteiger partial charge < -0.3 is 14.3 Å². The number of aromatic nitrogens is 3. The van der Waals surface area contributed by atoms with Gasteiger partial charge in [-0.2, -0.15) is 0 Å². The van der Waals surface area contributed by atoms with Gasteiger partial charge in [0, 0.05) is 38.6 Å². The molecule has 0 spiro atoms. The fraction of sp³-hybridized carbons (Fsp3) is 0.0217. The molecule has 3 heterocycles. The number of furan rings is 1. The second-order valence-corrected chi connectivity index (χ2v) is 13.1. The molecule has 53 heavy (non-hydrogen) atoms. The standard InChI is InChI=1S/C46H28BN3O3/c47-46(51)38-20-10-17-33(41(38)36-16-5-7-22-40(36)53-46)29-23-25-30(26-24-29)43-48-44(32-14-8-13-31(27-32)28-11-2-1-3-12-28)50-45(49-43)37-19-9-18-35-34-15-4-6-21-39(34)52-42(35)37/h1-27,51H. The van der Waals surface area contributed by atoms with E-state index in [0.29, 0.717) is 28.8 Å². The van der Waals surface area contributed by atoms with Gasteiger partial charge in [0.05, 0.1) is 5.56 Å². The van der Waals surface area contributed by atoms with Crippen molar-refractivity contribution in [2.75, 3.05) is 0 Å². The highest BCUT2D eigenvalue weighted by Crippen LogP contribution is 2.47. The summed E-state index contributed by atoms with van der Waals surface area (Å²) < 4.78 is 12.2. The average molecular weight is 682 g/mol. The highest BCUT2D eigenvalue weighted by atomic mass is 16.6.